The predicted octanol–water partition coefficient (Wildman–Crippen LogP) is 4.15. The fraction of sp³-hybridized carbons (Fsp3) is 0.111. The molecule has 0 N–H and O–H groups in total. The van der Waals surface area contributed by atoms with E-state index in [1.165, 1.54) is 23.9 Å². The number of hydrogen-bond acceptors (Lipinski definition) is 3. The van der Waals surface area contributed by atoms with Crippen molar-refractivity contribution < 1.29 is 9.18 Å². The SMILES string of the molecule is O=C1CS[C@H](c2ccc3ccccc3n2)N1c1ccc(F)cc1. The summed E-state index contributed by atoms with van der Waals surface area (Å²) in [5, 5.41) is 0.886. The molecule has 114 valence electrons. The normalized spacial score (nSPS) is 17.9. The molecule has 1 aromatic heterocycles. The van der Waals surface area contributed by atoms with Crippen LogP contribution in [0.4, 0.5) is 10.1 Å². The topological polar surface area (TPSA) is 33.2 Å². The van der Waals surface area contributed by atoms with Crippen molar-refractivity contribution in [1.82, 2.24) is 4.98 Å². The lowest BCUT2D eigenvalue weighted by molar-refractivity contribution is -0.115. The third kappa shape index (κ3) is 2.57. The average Bonchev–Trinajstić information content (AvgIpc) is 2.97. The first kappa shape index (κ1) is 14.2. The minimum absolute atomic E-state index is 0.0153. The monoisotopic (exact) mass is 324 g/mol. The van der Waals surface area contributed by atoms with Gasteiger partial charge >= 0.3 is 0 Å². The molecule has 1 amide bonds. The van der Waals surface area contributed by atoms with E-state index in [9.17, 15) is 9.18 Å². The number of nitrogens with zero attached hydrogens (tertiary/aromatic N) is 2. The van der Waals surface area contributed by atoms with Crippen molar-refractivity contribution in [3.8, 4) is 0 Å². The van der Waals surface area contributed by atoms with E-state index in [0.717, 1.165) is 16.6 Å². The number of fused-ring (bicyclic) bond motifs is 1. The first-order chi connectivity index (χ1) is 11.2. The molecule has 5 heteroatoms. The smallest absolute Gasteiger partial charge is 0.238 e. The van der Waals surface area contributed by atoms with E-state index < -0.39 is 0 Å². The van der Waals surface area contributed by atoms with E-state index >= 15 is 0 Å². The summed E-state index contributed by atoms with van der Waals surface area (Å²) in [7, 11) is 0. The van der Waals surface area contributed by atoms with Crippen LogP contribution in [0.2, 0.25) is 0 Å². The van der Waals surface area contributed by atoms with Gasteiger partial charge in [-0.1, -0.05) is 24.3 Å². The number of para-hydroxylation sites is 1. The Morgan fingerprint density at radius 2 is 1.83 bits per heavy atom. The minimum atomic E-state index is -0.312. The Hall–Kier alpha value is -2.40. The number of rotatable bonds is 2. The summed E-state index contributed by atoms with van der Waals surface area (Å²) < 4.78 is 13.1. The highest BCUT2D eigenvalue weighted by atomic mass is 32.2. The van der Waals surface area contributed by atoms with Gasteiger partial charge in [-0.15, -0.1) is 11.8 Å². The Labute approximate surface area is 137 Å². The summed E-state index contributed by atoms with van der Waals surface area (Å²) in [6, 6.07) is 17.9. The number of halogens is 1. The van der Waals surface area contributed by atoms with Crippen LogP contribution in [0.1, 0.15) is 11.1 Å². The maximum atomic E-state index is 13.1. The van der Waals surface area contributed by atoms with Gasteiger partial charge in [-0.05, 0) is 36.4 Å². The maximum Gasteiger partial charge on any atom is 0.238 e. The van der Waals surface area contributed by atoms with Crippen LogP contribution in [0.15, 0.2) is 60.7 Å². The van der Waals surface area contributed by atoms with Crippen molar-refractivity contribution in [2.45, 2.75) is 5.37 Å². The number of aromatic nitrogens is 1. The maximum absolute atomic E-state index is 13.1. The Bertz CT molecular complexity index is 882. The summed E-state index contributed by atoms with van der Waals surface area (Å²) in [5.41, 5.74) is 2.44. The molecule has 2 aromatic carbocycles. The number of amides is 1. The Kier molecular flexibility index (Phi) is 3.50. The van der Waals surface area contributed by atoms with Crippen LogP contribution >= 0.6 is 11.8 Å². The van der Waals surface area contributed by atoms with Gasteiger partial charge in [0.2, 0.25) is 5.91 Å². The van der Waals surface area contributed by atoms with Crippen LogP contribution < -0.4 is 4.90 Å². The summed E-state index contributed by atoms with van der Waals surface area (Å²) in [6.45, 7) is 0. The Balaban J connectivity index is 1.76. The standard InChI is InChI=1S/C18H13FN2OS/c19-13-6-8-14(9-7-13)21-17(22)11-23-18(21)16-10-5-12-3-1-2-4-15(12)20-16/h1-10,18H,11H2/t18-/m1/s1. The van der Waals surface area contributed by atoms with E-state index in [1.807, 2.05) is 36.4 Å². The molecule has 1 aliphatic heterocycles. The summed E-state index contributed by atoms with van der Waals surface area (Å²) in [4.78, 5) is 18.7. The predicted molar refractivity (Wildman–Crippen MR) is 90.8 cm³/mol. The average molecular weight is 324 g/mol. The molecule has 0 spiro atoms. The summed E-state index contributed by atoms with van der Waals surface area (Å²) >= 11 is 1.54. The minimum Gasteiger partial charge on any atom is -0.293 e. The van der Waals surface area contributed by atoms with Crippen LogP contribution in [0.5, 0.6) is 0 Å². The fourth-order valence-electron chi connectivity index (χ4n) is 2.74. The van der Waals surface area contributed by atoms with Gasteiger partial charge in [0.1, 0.15) is 11.2 Å². The second-order valence-electron chi connectivity index (χ2n) is 5.33. The quantitative estimate of drug-likeness (QED) is 0.710. The number of hydrogen-bond donors (Lipinski definition) is 0. The van der Waals surface area contributed by atoms with Crippen LogP contribution in [0.25, 0.3) is 10.9 Å². The van der Waals surface area contributed by atoms with Gasteiger partial charge < -0.3 is 0 Å². The molecule has 1 saturated heterocycles. The second-order valence-corrected chi connectivity index (χ2v) is 6.40. The highest BCUT2D eigenvalue weighted by Gasteiger charge is 2.35. The number of carbonyl (C=O) groups is 1. The lowest BCUT2D eigenvalue weighted by atomic mass is 10.2. The molecule has 1 aliphatic rings. The Morgan fingerprint density at radius 3 is 2.65 bits per heavy atom. The molecule has 0 saturated carbocycles. The highest BCUT2D eigenvalue weighted by molar-refractivity contribution is 8.00. The van der Waals surface area contributed by atoms with E-state index in [1.54, 1.807) is 17.0 Å². The van der Waals surface area contributed by atoms with Gasteiger partial charge in [0.15, 0.2) is 0 Å². The van der Waals surface area contributed by atoms with Gasteiger partial charge in [0.05, 0.1) is 17.0 Å². The molecule has 0 radical (unpaired) electrons. The number of anilines is 1. The number of benzene rings is 2. The largest absolute Gasteiger partial charge is 0.293 e. The summed E-state index contributed by atoms with van der Waals surface area (Å²) in [6.07, 6.45) is 0. The zero-order valence-corrected chi connectivity index (χ0v) is 13.0. The molecule has 0 bridgehead atoms. The first-order valence-electron chi connectivity index (χ1n) is 7.27. The molecule has 1 atom stereocenters. The second kappa shape index (κ2) is 5.66. The van der Waals surface area contributed by atoms with Crippen molar-refractivity contribution in [2.75, 3.05) is 10.7 Å². The van der Waals surface area contributed by atoms with Crippen molar-refractivity contribution in [3.05, 3.63) is 72.2 Å². The van der Waals surface area contributed by atoms with Crippen LogP contribution in [-0.2, 0) is 4.79 Å². The van der Waals surface area contributed by atoms with E-state index in [4.69, 9.17) is 4.98 Å². The van der Waals surface area contributed by atoms with Crippen molar-refractivity contribution in [1.29, 1.82) is 0 Å². The van der Waals surface area contributed by atoms with Gasteiger partial charge in [0, 0.05) is 11.1 Å². The van der Waals surface area contributed by atoms with Crippen LogP contribution in [0, 0.1) is 5.82 Å². The molecule has 0 unspecified atom stereocenters. The lowest BCUT2D eigenvalue weighted by Gasteiger charge is -2.23. The number of carbonyl (C=O) groups excluding carboxylic acids is 1. The van der Waals surface area contributed by atoms with Crippen LogP contribution in [0.3, 0.4) is 0 Å². The zero-order chi connectivity index (χ0) is 15.8. The van der Waals surface area contributed by atoms with Crippen molar-refractivity contribution in [2.24, 2.45) is 0 Å². The molecule has 2 heterocycles. The molecule has 4 rings (SSSR count). The molecular weight excluding hydrogens is 311 g/mol. The molecule has 0 aliphatic carbocycles. The first-order valence-corrected chi connectivity index (χ1v) is 8.32. The van der Waals surface area contributed by atoms with Gasteiger partial charge in [-0.25, -0.2) is 9.37 Å². The van der Waals surface area contributed by atoms with E-state index in [-0.39, 0.29) is 17.1 Å². The molecule has 1 fully saturated rings. The van der Waals surface area contributed by atoms with Gasteiger partial charge in [-0.3, -0.25) is 9.69 Å². The number of pyridine rings is 1. The van der Waals surface area contributed by atoms with Crippen molar-refractivity contribution in [3.63, 3.8) is 0 Å². The third-order valence-corrected chi connectivity index (χ3v) is 5.03. The molecule has 3 nitrogen and oxygen atoms in total. The molecule has 23 heavy (non-hydrogen) atoms. The fourth-order valence-corrected chi connectivity index (χ4v) is 3.87. The summed E-state index contributed by atoms with van der Waals surface area (Å²) in [5.74, 6) is 0.103. The number of thioether (sulfide) groups is 1. The molecular formula is C18H13FN2OS. The van der Waals surface area contributed by atoms with E-state index in [2.05, 4.69) is 0 Å². The van der Waals surface area contributed by atoms with Gasteiger partial charge in [-0.2, -0.15) is 0 Å². The third-order valence-electron chi connectivity index (χ3n) is 3.85. The van der Waals surface area contributed by atoms with Crippen LogP contribution in [-0.4, -0.2) is 16.6 Å². The van der Waals surface area contributed by atoms with Crippen molar-refractivity contribution >= 4 is 34.3 Å². The van der Waals surface area contributed by atoms with E-state index in [0.29, 0.717) is 11.4 Å². The lowest BCUT2D eigenvalue weighted by Crippen LogP contribution is -2.28. The zero-order valence-electron chi connectivity index (χ0n) is 12.1. The highest BCUT2D eigenvalue weighted by Crippen LogP contribution is 2.41. The Morgan fingerprint density at radius 1 is 1.04 bits per heavy atom. The molecule has 3 aromatic rings. The van der Waals surface area contributed by atoms with Gasteiger partial charge in [0.25, 0.3) is 0 Å².